The van der Waals surface area contributed by atoms with Crippen LogP contribution >= 0.6 is 15.9 Å². The van der Waals surface area contributed by atoms with Gasteiger partial charge in [-0.2, -0.15) is 0 Å². The minimum Gasteiger partial charge on any atom is -0.397 e. The fourth-order valence-corrected chi connectivity index (χ4v) is 2.65. The van der Waals surface area contributed by atoms with Crippen molar-refractivity contribution in [1.82, 2.24) is 0 Å². The molecule has 0 saturated carbocycles. The van der Waals surface area contributed by atoms with Crippen molar-refractivity contribution in [2.45, 2.75) is 13.3 Å². The quantitative estimate of drug-likeness (QED) is 0.737. The van der Waals surface area contributed by atoms with E-state index >= 15 is 0 Å². The molecule has 0 fully saturated rings. The van der Waals surface area contributed by atoms with Gasteiger partial charge in [0.05, 0.1) is 23.5 Å². The highest BCUT2D eigenvalue weighted by molar-refractivity contribution is 9.10. The predicted octanol–water partition coefficient (Wildman–Crippen LogP) is 3.58. The van der Waals surface area contributed by atoms with Crippen LogP contribution < -0.4 is 16.4 Å². The average molecular weight is 332 g/mol. The molecular formula is C15H14BrN3O. The Balaban J connectivity index is 1.98. The SMILES string of the molecule is Cc1cccc(Nc2cc3c(cc2N)CC(=O)N3)c1Br. The van der Waals surface area contributed by atoms with E-state index in [0.29, 0.717) is 12.1 Å². The number of nitrogens with two attached hydrogens (primary N) is 1. The number of carbonyl (C=O) groups excluding carboxylic acids is 1. The van der Waals surface area contributed by atoms with Crippen molar-refractivity contribution < 1.29 is 4.79 Å². The molecule has 1 aliphatic rings. The van der Waals surface area contributed by atoms with Gasteiger partial charge in [0.1, 0.15) is 0 Å². The van der Waals surface area contributed by atoms with Gasteiger partial charge < -0.3 is 16.4 Å². The van der Waals surface area contributed by atoms with E-state index < -0.39 is 0 Å². The molecule has 0 aromatic heterocycles. The van der Waals surface area contributed by atoms with E-state index in [2.05, 4.69) is 26.6 Å². The van der Waals surface area contributed by atoms with E-state index in [4.69, 9.17) is 5.73 Å². The van der Waals surface area contributed by atoms with Crippen LogP contribution in [0.15, 0.2) is 34.8 Å². The van der Waals surface area contributed by atoms with E-state index in [1.807, 2.05) is 37.3 Å². The summed E-state index contributed by atoms with van der Waals surface area (Å²) in [6.45, 7) is 2.03. The molecule has 0 spiro atoms. The highest BCUT2D eigenvalue weighted by atomic mass is 79.9. The summed E-state index contributed by atoms with van der Waals surface area (Å²) in [5.41, 5.74) is 11.3. The monoisotopic (exact) mass is 331 g/mol. The first kappa shape index (κ1) is 13.0. The number of carbonyl (C=O) groups is 1. The van der Waals surface area contributed by atoms with Crippen molar-refractivity contribution in [3.8, 4) is 0 Å². The molecule has 0 aliphatic carbocycles. The maximum atomic E-state index is 11.4. The van der Waals surface area contributed by atoms with Crippen molar-refractivity contribution in [2.24, 2.45) is 0 Å². The third-order valence-corrected chi connectivity index (χ3v) is 4.41. The normalized spacial score (nSPS) is 13.0. The van der Waals surface area contributed by atoms with Crippen molar-refractivity contribution >= 4 is 44.6 Å². The van der Waals surface area contributed by atoms with E-state index in [-0.39, 0.29) is 5.91 Å². The standard InChI is InChI=1S/C15H14BrN3O/c1-8-3-2-4-11(15(8)16)18-13-7-12-9(5-10(13)17)6-14(20)19-12/h2-5,7,18H,6,17H2,1H3,(H,19,20). The molecule has 1 aliphatic heterocycles. The third-order valence-electron chi connectivity index (χ3n) is 3.36. The van der Waals surface area contributed by atoms with Gasteiger partial charge in [0.2, 0.25) is 5.91 Å². The number of halogens is 1. The Hall–Kier alpha value is -2.01. The smallest absolute Gasteiger partial charge is 0.228 e. The Bertz CT molecular complexity index is 713. The number of aryl methyl sites for hydroxylation is 1. The number of nitrogens with one attached hydrogen (secondary N) is 2. The maximum absolute atomic E-state index is 11.4. The fourth-order valence-electron chi connectivity index (χ4n) is 2.29. The van der Waals surface area contributed by atoms with Crippen LogP contribution in [0, 0.1) is 6.92 Å². The molecule has 2 aromatic rings. The second-order valence-electron chi connectivity index (χ2n) is 4.88. The summed E-state index contributed by atoms with van der Waals surface area (Å²) in [6.07, 6.45) is 0.397. The van der Waals surface area contributed by atoms with E-state index in [9.17, 15) is 4.79 Å². The van der Waals surface area contributed by atoms with Gasteiger partial charge in [-0.25, -0.2) is 0 Å². The molecule has 5 heteroatoms. The molecule has 3 rings (SSSR count). The van der Waals surface area contributed by atoms with Crippen LogP contribution in [0.25, 0.3) is 0 Å². The fraction of sp³-hybridized carbons (Fsp3) is 0.133. The number of nitrogen functional groups attached to an aromatic ring is 1. The Morgan fingerprint density at radius 2 is 2.10 bits per heavy atom. The summed E-state index contributed by atoms with van der Waals surface area (Å²) in [7, 11) is 0. The van der Waals surface area contributed by atoms with Crippen LogP contribution in [0.3, 0.4) is 0 Å². The number of amides is 1. The molecule has 4 nitrogen and oxygen atoms in total. The number of hydrogen-bond donors (Lipinski definition) is 3. The third kappa shape index (κ3) is 2.25. The lowest BCUT2D eigenvalue weighted by molar-refractivity contribution is -0.115. The molecule has 0 radical (unpaired) electrons. The molecule has 0 saturated heterocycles. The first-order valence-electron chi connectivity index (χ1n) is 6.29. The summed E-state index contributed by atoms with van der Waals surface area (Å²) in [5, 5.41) is 6.13. The summed E-state index contributed by atoms with van der Waals surface area (Å²) < 4.78 is 1.00. The van der Waals surface area contributed by atoms with E-state index in [1.54, 1.807) is 0 Å². The Kier molecular flexibility index (Phi) is 3.14. The van der Waals surface area contributed by atoms with Crippen LogP contribution in [0.2, 0.25) is 0 Å². The minimum atomic E-state index is 0.00767. The number of anilines is 4. The van der Waals surface area contributed by atoms with Crippen molar-refractivity contribution in [2.75, 3.05) is 16.4 Å². The first-order valence-corrected chi connectivity index (χ1v) is 7.08. The van der Waals surface area contributed by atoms with Crippen LogP contribution in [-0.4, -0.2) is 5.91 Å². The molecule has 0 unspecified atom stereocenters. The van der Waals surface area contributed by atoms with Gasteiger partial charge in [0.15, 0.2) is 0 Å². The zero-order valence-corrected chi connectivity index (χ0v) is 12.5. The van der Waals surface area contributed by atoms with Crippen molar-refractivity contribution in [3.05, 3.63) is 45.9 Å². The minimum absolute atomic E-state index is 0.00767. The van der Waals surface area contributed by atoms with Gasteiger partial charge in [-0.05, 0) is 52.2 Å². The number of rotatable bonds is 2. The molecule has 0 bridgehead atoms. The molecule has 20 heavy (non-hydrogen) atoms. The maximum Gasteiger partial charge on any atom is 0.228 e. The molecule has 4 N–H and O–H groups in total. The van der Waals surface area contributed by atoms with Crippen LogP contribution in [0.4, 0.5) is 22.7 Å². The Morgan fingerprint density at radius 3 is 2.90 bits per heavy atom. The number of hydrogen-bond acceptors (Lipinski definition) is 3. The topological polar surface area (TPSA) is 67.1 Å². The summed E-state index contributed by atoms with van der Waals surface area (Å²) in [4.78, 5) is 11.4. The Morgan fingerprint density at radius 1 is 1.30 bits per heavy atom. The van der Waals surface area contributed by atoms with Gasteiger partial charge in [-0.1, -0.05) is 12.1 Å². The van der Waals surface area contributed by atoms with Crippen LogP contribution in [-0.2, 0) is 11.2 Å². The number of benzene rings is 2. The van der Waals surface area contributed by atoms with Crippen molar-refractivity contribution in [3.63, 3.8) is 0 Å². The summed E-state index contributed by atoms with van der Waals surface area (Å²) in [5.74, 6) is 0.00767. The second kappa shape index (κ2) is 4.83. The zero-order chi connectivity index (χ0) is 14.3. The predicted molar refractivity (Wildman–Crippen MR) is 85.3 cm³/mol. The average Bonchev–Trinajstić information content (AvgIpc) is 2.74. The van der Waals surface area contributed by atoms with Crippen molar-refractivity contribution in [1.29, 1.82) is 0 Å². The molecule has 1 heterocycles. The highest BCUT2D eigenvalue weighted by Gasteiger charge is 2.19. The first-order chi connectivity index (χ1) is 9.54. The molecule has 0 atom stereocenters. The van der Waals surface area contributed by atoms with E-state index in [0.717, 1.165) is 32.7 Å². The van der Waals surface area contributed by atoms with Gasteiger partial charge in [0, 0.05) is 10.2 Å². The lowest BCUT2D eigenvalue weighted by atomic mass is 10.1. The van der Waals surface area contributed by atoms with Crippen LogP contribution in [0.1, 0.15) is 11.1 Å². The molecule has 2 aromatic carbocycles. The van der Waals surface area contributed by atoms with Gasteiger partial charge in [-0.15, -0.1) is 0 Å². The molecule has 1 amide bonds. The Labute approximate surface area is 125 Å². The molecule has 102 valence electrons. The lowest BCUT2D eigenvalue weighted by Gasteiger charge is -2.13. The summed E-state index contributed by atoms with van der Waals surface area (Å²) >= 11 is 3.56. The largest absolute Gasteiger partial charge is 0.397 e. The number of fused-ring (bicyclic) bond motifs is 1. The zero-order valence-electron chi connectivity index (χ0n) is 11.0. The highest BCUT2D eigenvalue weighted by Crippen LogP contribution is 2.35. The molecular weight excluding hydrogens is 318 g/mol. The van der Waals surface area contributed by atoms with Gasteiger partial charge >= 0.3 is 0 Å². The van der Waals surface area contributed by atoms with Gasteiger partial charge in [0.25, 0.3) is 0 Å². The van der Waals surface area contributed by atoms with Gasteiger partial charge in [-0.3, -0.25) is 4.79 Å². The summed E-state index contributed by atoms with van der Waals surface area (Å²) in [6, 6.07) is 9.71. The lowest BCUT2D eigenvalue weighted by Crippen LogP contribution is -2.03. The second-order valence-corrected chi connectivity index (χ2v) is 5.68. The van der Waals surface area contributed by atoms with Crippen LogP contribution in [0.5, 0.6) is 0 Å². The van der Waals surface area contributed by atoms with E-state index in [1.165, 1.54) is 0 Å².